The Labute approximate surface area is 128 Å². The summed E-state index contributed by atoms with van der Waals surface area (Å²) in [6.07, 6.45) is 2.45. The van der Waals surface area contributed by atoms with Crippen LogP contribution in [0.4, 0.5) is 0 Å². The number of hydrogen-bond donors (Lipinski definition) is 1. The van der Waals surface area contributed by atoms with E-state index in [9.17, 15) is 4.79 Å². The SMILES string of the molecule is C[C@H](NC(=O)c1ccc(OCc2cscn2)cc1)C1CC1. The number of amides is 1. The number of ether oxygens (including phenoxy) is 1. The third-order valence-corrected chi connectivity index (χ3v) is 4.31. The minimum atomic E-state index is -0.0135. The first-order valence-electron chi connectivity index (χ1n) is 7.13. The number of thiazole rings is 1. The van der Waals surface area contributed by atoms with Crippen LogP contribution in [0.3, 0.4) is 0 Å². The lowest BCUT2D eigenvalue weighted by Gasteiger charge is -2.13. The van der Waals surface area contributed by atoms with Crippen LogP contribution in [-0.2, 0) is 6.61 Å². The molecular weight excluding hydrogens is 284 g/mol. The van der Waals surface area contributed by atoms with Gasteiger partial charge in [0, 0.05) is 17.0 Å². The molecular formula is C16H18N2O2S. The van der Waals surface area contributed by atoms with E-state index in [2.05, 4.69) is 17.2 Å². The maximum Gasteiger partial charge on any atom is 0.251 e. The smallest absolute Gasteiger partial charge is 0.251 e. The fraction of sp³-hybridized carbons (Fsp3) is 0.375. The number of rotatable bonds is 6. The minimum Gasteiger partial charge on any atom is -0.487 e. The summed E-state index contributed by atoms with van der Waals surface area (Å²) in [5.41, 5.74) is 3.37. The van der Waals surface area contributed by atoms with Gasteiger partial charge in [-0.3, -0.25) is 4.79 Å². The molecule has 4 nitrogen and oxygen atoms in total. The van der Waals surface area contributed by atoms with Crippen molar-refractivity contribution in [3.63, 3.8) is 0 Å². The zero-order chi connectivity index (χ0) is 14.7. The molecule has 1 aromatic carbocycles. The van der Waals surface area contributed by atoms with E-state index < -0.39 is 0 Å². The lowest BCUT2D eigenvalue weighted by atomic mass is 10.1. The fourth-order valence-electron chi connectivity index (χ4n) is 2.17. The van der Waals surface area contributed by atoms with E-state index in [0.29, 0.717) is 18.1 Å². The predicted octanol–water partition coefficient (Wildman–Crippen LogP) is 3.25. The van der Waals surface area contributed by atoms with Gasteiger partial charge in [0.05, 0.1) is 11.2 Å². The summed E-state index contributed by atoms with van der Waals surface area (Å²) in [6, 6.07) is 7.50. The Morgan fingerprint density at radius 2 is 2.19 bits per heavy atom. The van der Waals surface area contributed by atoms with Gasteiger partial charge >= 0.3 is 0 Å². The average molecular weight is 302 g/mol. The normalized spacial score (nSPS) is 15.5. The highest BCUT2D eigenvalue weighted by molar-refractivity contribution is 7.07. The molecule has 1 atom stereocenters. The van der Waals surface area contributed by atoms with Gasteiger partial charge in [-0.1, -0.05) is 0 Å². The zero-order valence-corrected chi connectivity index (χ0v) is 12.7. The van der Waals surface area contributed by atoms with Gasteiger partial charge in [0.1, 0.15) is 12.4 Å². The van der Waals surface area contributed by atoms with Crippen molar-refractivity contribution in [1.29, 1.82) is 0 Å². The van der Waals surface area contributed by atoms with E-state index in [1.165, 1.54) is 12.8 Å². The second-order valence-corrected chi connectivity index (χ2v) is 6.11. The van der Waals surface area contributed by atoms with Crippen molar-refractivity contribution >= 4 is 17.2 Å². The summed E-state index contributed by atoms with van der Waals surface area (Å²) >= 11 is 1.55. The molecule has 2 aromatic rings. The van der Waals surface area contributed by atoms with Gasteiger partial charge < -0.3 is 10.1 Å². The second-order valence-electron chi connectivity index (χ2n) is 5.39. The maximum absolute atomic E-state index is 12.1. The number of carbonyl (C=O) groups is 1. The number of nitrogens with one attached hydrogen (secondary N) is 1. The second kappa shape index (κ2) is 6.26. The van der Waals surface area contributed by atoms with E-state index in [0.717, 1.165) is 11.4 Å². The van der Waals surface area contributed by atoms with Crippen LogP contribution < -0.4 is 10.1 Å². The molecule has 1 aliphatic carbocycles. The number of hydrogen-bond acceptors (Lipinski definition) is 4. The van der Waals surface area contributed by atoms with Gasteiger partial charge in [0.2, 0.25) is 0 Å². The van der Waals surface area contributed by atoms with Crippen LogP contribution >= 0.6 is 11.3 Å². The van der Waals surface area contributed by atoms with Crippen molar-refractivity contribution in [3.05, 3.63) is 46.4 Å². The van der Waals surface area contributed by atoms with Crippen molar-refractivity contribution in [1.82, 2.24) is 10.3 Å². The Bertz CT molecular complexity index is 591. The molecule has 0 bridgehead atoms. The van der Waals surface area contributed by atoms with Crippen LogP contribution in [0.15, 0.2) is 35.2 Å². The molecule has 5 heteroatoms. The Morgan fingerprint density at radius 1 is 1.43 bits per heavy atom. The average Bonchev–Trinajstić information content (AvgIpc) is 3.23. The van der Waals surface area contributed by atoms with Crippen molar-refractivity contribution in [2.24, 2.45) is 5.92 Å². The molecule has 21 heavy (non-hydrogen) atoms. The standard InChI is InChI=1S/C16H18N2O2S/c1-11(12-2-3-12)18-16(19)13-4-6-15(7-5-13)20-8-14-9-21-10-17-14/h4-7,9-12H,2-3,8H2,1H3,(H,18,19)/t11-/m0/s1. The van der Waals surface area contributed by atoms with E-state index in [1.807, 2.05) is 17.5 Å². The number of aromatic nitrogens is 1. The molecule has 0 spiro atoms. The Hall–Kier alpha value is -1.88. The highest BCUT2D eigenvalue weighted by Gasteiger charge is 2.28. The number of benzene rings is 1. The number of carbonyl (C=O) groups excluding carboxylic acids is 1. The zero-order valence-electron chi connectivity index (χ0n) is 11.9. The van der Waals surface area contributed by atoms with Crippen molar-refractivity contribution < 1.29 is 9.53 Å². The van der Waals surface area contributed by atoms with Crippen LogP contribution in [0, 0.1) is 5.92 Å². The summed E-state index contributed by atoms with van der Waals surface area (Å²) in [7, 11) is 0. The van der Waals surface area contributed by atoms with Crippen molar-refractivity contribution in [3.8, 4) is 5.75 Å². The first kappa shape index (κ1) is 14.1. The summed E-state index contributed by atoms with van der Waals surface area (Å²) in [4.78, 5) is 16.2. The lowest BCUT2D eigenvalue weighted by molar-refractivity contribution is 0.0936. The van der Waals surface area contributed by atoms with Crippen LogP contribution in [-0.4, -0.2) is 16.9 Å². The highest BCUT2D eigenvalue weighted by atomic mass is 32.1. The van der Waals surface area contributed by atoms with Crippen LogP contribution in [0.2, 0.25) is 0 Å². The monoisotopic (exact) mass is 302 g/mol. The third kappa shape index (κ3) is 3.82. The van der Waals surface area contributed by atoms with E-state index in [1.54, 1.807) is 29.0 Å². The number of nitrogens with zero attached hydrogens (tertiary/aromatic N) is 1. The first-order chi connectivity index (χ1) is 10.2. The Morgan fingerprint density at radius 3 is 2.81 bits per heavy atom. The summed E-state index contributed by atoms with van der Waals surface area (Å²) in [5.74, 6) is 1.39. The molecule has 0 unspecified atom stereocenters. The van der Waals surface area contributed by atoms with E-state index in [-0.39, 0.29) is 11.9 Å². The van der Waals surface area contributed by atoms with Gasteiger partial charge in [-0.05, 0) is 49.9 Å². The van der Waals surface area contributed by atoms with Gasteiger partial charge in [0.15, 0.2) is 0 Å². The molecule has 1 saturated carbocycles. The Balaban J connectivity index is 1.54. The Kier molecular flexibility index (Phi) is 4.20. The van der Waals surface area contributed by atoms with Gasteiger partial charge in [-0.15, -0.1) is 11.3 Å². The third-order valence-electron chi connectivity index (χ3n) is 3.67. The molecule has 1 aromatic heterocycles. The molecule has 1 fully saturated rings. The molecule has 0 radical (unpaired) electrons. The molecule has 1 aliphatic rings. The van der Waals surface area contributed by atoms with Gasteiger partial charge in [0.25, 0.3) is 5.91 Å². The quantitative estimate of drug-likeness (QED) is 0.891. The molecule has 1 heterocycles. The van der Waals surface area contributed by atoms with Crippen LogP contribution in [0.5, 0.6) is 5.75 Å². The van der Waals surface area contributed by atoms with Crippen molar-refractivity contribution in [2.75, 3.05) is 0 Å². The molecule has 110 valence electrons. The van der Waals surface area contributed by atoms with Crippen LogP contribution in [0.1, 0.15) is 35.8 Å². The summed E-state index contributed by atoms with van der Waals surface area (Å²) in [5, 5.41) is 5.00. The van der Waals surface area contributed by atoms with Crippen molar-refractivity contribution in [2.45, 2.75) is 32.4 Å². The largest absolute Gasteiger partial charge is 0.487 e. The summed E-state index contributed by atoms with van der Waals surface area (Å²) in [6.45, 7) is 2.52. The van der Waals surface area contributed by atoms with Crippen LogP contribution in [0.25, 0.3) is 0 Å². The van der Waals surface area contributed by atoms with Gasteiger partial charge in [-0.25, -0.2) is 4.98 Å². The topological polar surface area (TPSA) is 51.2 Å². The molecule has 1 amide bonds. The van der Waals surface area contributed by atoms with E-state index in [4.69, 9.17) is 4.74 Å². The lowest BCUT2D eigenvalue weighted by Crippen LogP contribution is -2.33. The molecule has 0 aliphatic heterocycles. The minimum absolute atomic E-state index is 0.0135. The molecule has 1 N–H and O–H groups in total. The predicted molar refractivity (Wildman–Crippen MR) is 82.5 cm³/mol. The molecule has 0 saturated heterocycles. The summed E-state index contributed by atoms with van der Waals surface area (Å²) < 4.78 is 5.63. The van der Waals surface area contributed by atoms with E-state index >= 15 is 0 Å². The van der Waals surface area contributed by atoms with Gasteiger partial charge in [-0.2, -0.15) is 0 Å². The fourth-order valence-corrected chi connectivity index (χ4v) is 2.72. The molecule has 3 rings (SSSR count). The highest BCUT2D eigenvalue weighted by Crippen LogP contribution is 2.32. The first-order valence-corrected chi connectivity index (χ1v) is 8.07. The maximum atomic E-state index is 12.1.